The number of esters is 2. The van der Waals surface area contributed by atoms with Gasteiger partial charge in [-0.05, 0) is 49.7 Å². The lowest BCUT2D eigenvalue weighted by Crippen LogP contribution is -2.10. The van der Waals surface area contributed by atoms with Crippen LogP contribution in [0.1, 0.15) is 31.8 Å². The Labute approximate surface area is 123 Å². The summed E-state index contributed by atoms with van der Waals surface area (Å²) >= 11 is 0. The zero-order valence-electron chi connectivity index (χ0n) is 12.2. The minimum atomic E-state index is -0.428. The lowest BCUT2D eigenvalue weighted by molar-refractivity contribution is 0.0600. The van der Waals surface area contributed by atoms with Gasteiger partial charge in [0.2, 0.25) is 0 Å². The minimum Gasteiger partial charge on any atom is -0.465 e. The highest BCUT2D eigenvalue weighted by Gasteiger charge is 2.12. The highest BCUT2D eigenvalue weighted by atomic mass is 16.5. The molecular formula is C17H16O4. The molecule has 2 aromatic rings. The van der Waals surface area contributed by atoms with E-state index in [2.05, 4.69) is 4.74 Å². The first-order valence-corrected chi connectivity index (χ1v) is 6.49. The summed E-state index contributed by atoms with van der Waals surface area (Å²) in [5.41, 5.74) is 2.89. The Hall–Kier alpha value is -2.62. The normalized spacial score (nSPS) is 10.0. The third-order valence-corrected chi connectivity index (χ3v) is 3.09. The monoisotopic (exact) mass is 284 g/mol. The number of carbonyl (C=O) groups excluding carboxylic acids is 2. The Morgan fingerprint density at radius 3 is 2.14 bits per heavy atom. The van der Waals surface area contributed by atoms with Crippen molar-refractivity contribution in [3.63, 3.8) is 0 Å². The van der Waals surface area contributed by atoms with Crippen molar-refractivity contribution in [3.05, 3.63) is 64.7 Å². The molecule has 0 amide bonds. The van der Waals surface area contributed by atoms with Crippen LogP contribution >= 0.6 is 0 Å². The average Bonchev–Trinajstić information content (AvgIpc) is 2.47. The van der Waals surface area contributed by atoms with Gasteiger partial charge < -0.3 is 9.47 Å². The van der Waals surface area contributed by atoms with E-state index >= 15 is 0 Å². The van der Waals surface area contributed by atoms with Gasteiger partial charge >= 0.3 is 11.9 Å². The van der Waals surface area contributed by atoms with E-state index < -0.39 is 11.9 Å². The van der Waals surface area contributed by atoms with Crippen molar-refractivity contribution in [1.29, 1.82) is 0 Å². The molecule has 2 rings (SSSR count). The molecule has 0 saturated carbocycles. The third kappa shape index (κ3) is 3.48. The zero-order chi connectivity index (χ0) is 15.4. The summed E-state index contributed by atoms with van der Waals surface area (Å²) in [4.78, 5) is 23.4. The molecule has 0 bridgehead atoms. The fraction of sp³-hybridized carbons (Fsp3) is 0.176. The van der Waals surface area contributed by atoms with Crippen LogP contribution in [0.3, 0.4) is 0 Å². The first kappa shape index (κ1) is 14.8. The van der Waals surface area contributed by atoms with Gasteiger partial charge in [-0.1, -0.05) is 17.7 Å². The molecule has 0 aliphatic carbocycles. The van der Waals surface area contributed by atoms with Crippen LogP contribution in [-0.2, 0) is 4.74 Å². The fourth-order valence-corrected chi connectivity index (χ4v) is 1.98. The van der Waals surface area contributed by atoms with Crippen molar-refractivity contribution in [2.75, 3.05) is 7.11 Å². The van der Waals surface area contributed by atoms with E-state index in [1.165, 1.54) is 7.11 Å². The van der Waals surface area contributed by atoms with Crippen LogP contribution in [0.2, 0.25) is 0 Å². The average molecular weight is 284 g/mol. The van der Waals surface area contributed by atoms with Crippen molar-refractivity contribution in [2.45, 2.75) is 13.8 Å². The maximum atomic E-state index is 12.1. The van der Waals surface area contributed by atoms with Crippen molar-refractivity contribution in [2.24, 2.45) is 0 Å². The molecule has 0 radical (unpaired) electrons. The first-order chi connectivity index (χ1) is 10.0. The third-order valence-electron chi connectivity index (χ3n) is 3.09. The number of rotatable bonds is 3. The lowest BCUT2D eigenvalue weighted by Gasteiger charge is -2.08. The van der Waals surface area contributed by atoms with Gasteiger partial charge in [0.05, 0.1) is 18.2 Å². The highest BCUT2D eigenvalue weighted by molar-refractivity contribution is 5.93. The van der Waals surface area contributed by atoms with Gasteiger partial charge in [0, 0.05) is 0 Å². The molecule has 2 aromatic carbocycles. The molecule has 21 heavy (non-hydrogen) atoms. The predicted molar refractivity (Wildman–Crippen MR) is 78.7 cm³/mol. The first-order valence-electron chi connectivity index (χ1n) is 6.49. The summed E-state index contributed by atoms with van der Waals surface area (Å²) in [6.07, 6.45) is 0. The number of benzene rings is 2. The summed E-state index contributed by atoms with van der Waals surface area (Å²) in [5, 5.41) is 0. The summed E-state index contributed by atoms with van der Waals surface area (Å²) in [7, 11) is 1.32. The molecule has 0 atom stereocenters. The summed E-state index contributed by atoms with van der Waals surface area (Å²) in [5.74, 6) is -0.465. The molecule has 0 aliphatic heterocycles. The molecule has 0 aromatic heterocycles. The molecule has 4 nitrogen and oxygen atoms in total. The number of hydrogen-bond acceptors (Lipinski definition) is 4. The number of carbonyl (C=O) groups is 2. The molecule has 0 heterocycles. The number of methoxy groups -OCH3 is 1. The van der Waals surface area contributed by atoms with Gasteiger partial charge in [-0.15, -0.1) is 0 Å². The second kappa shape index (κ2) is 6.22. The minimum absolute atomic E-state index is 0.382. The van der Waals surface area contributed by atoms with Gasteiger partial charge in [0.1, 0.15) is 5.75 Å². The Kier molecular flexibility index (Phi) is 4.38. The smallest absolute Gasteiger partial charge is 0.343 e. The molecular weight excluding hydrogens is 268 g/mol. The van der Waals surface area contributed by atoms with Crippen LogP contribution in [-0.4, -0.2) is 19.0 Å². The molecule has 0 aliphatic rings. The largest absolute Gasteiger partial charge is 0.465 e. The standard InChI is InChI=1S/C17H16O4/c1-11-4-9-15(12(2)10-11)17(19)21-14-7-5-13(6-8-14)16(18)20-3/h4-10H,1-3H3. The number of aryl methyl sites for hydroxylation is 2. The van der Waals surface area contributed by atoms with Gasteiger partial charge in [-0.2, -0.15) is 0 Å². The van der Waals surface area contributed by atoms with Gasteiger partial charge in [-0.3, -0.25) is 0 Å². The molecule has 0 unspecified atom stereocenters. The van der Waals surface area contributed by atoms with E-state index in [1.54, 1.807) is 30.3 Å². The SMILES string of the molecule is COC(=O)c1ccc(OC(=O)c2ccc(C)cc2C)cc1. The Balaban J connectivity index is 2.14. The molecule has 0 N–H and O–H groups in total. The van der Waals surface area contributed by atoms with Gasteiger partial charge in [-0.25, -0.2) is 9.59 Å². The summed E-state index contributed by atoms with van der Waals surface area (Å²) < 4.78 is 9.91. The Bertz CT molecular complexity index is 672. The highest BCUT2D eigenvalue weighted by Crippen LogP contribution is 2.17. The molecule has 108 valence electrons. The quantitative estimate of drug-likeness (QED) is 0.641. The van der Waals surface area contributed by atoms with Crippen LogP contribution < -0.4 is 4.74 Å². The van der Waals surface area contributed by atoms with Crippen LogP contribution in [0.15, 0.2) is 42.5 Å². The maximum Gasteiger partial charge on any atom is 0.343 e. The van der Waals surface area contributed by atoms with Crippen LogP contribution in [0.25, 0.3) is 0 Å². The van der Waals surface area contributed by atoms with Crippen LogP contribution in [0.4, 0.5) is 0 Å². The maximum absolute atomic E-state index is 12.1. The Morgan fingerprint density at radius 2 is 1.57 bits per heavy atom. The van der Waals surface area contributed by atoms with E-state index in [4.69, 9.17) is 4.74 Å². The van der Waals surface area contributed by atoms with E-state index in [1.807, 2.05) is 26.0 Å². The lowest BCUT2D eigenvalue weighted by atomic mass is 10.1. The molecule has 4 heteroatoms. The zero-order valence-corrected chi connectivity index (χ0v) is 12.2. The van der Waals surface area contributed by atoms with Crippen molar-refractivity contribution >= 4 is 11.9 Å². The van der Waals surface area contributed by atoms with E-state index in [9.17, 15) is 9.59 Å². The number of ether oxygens (including phenoxy) is 2. The predicted octanol–water partition coefficient (Wildman–Crippen LogP) is 3.31. The van der Waals surface area contributed by atoms with Crippen molar-refractivity contribution in [1.82, 2.24) is 0 Å². The second-order valence-corrected chi connectivity index (χ2v) is 4.72. The van der Waals surface area contributed by atoms with E-state index in [-0.39, 0.29) is 0 Å². The second-order valence-electron chi connectivity index (χ2n) is 4.72. The fourth-order valence-electron chi connectivity index (χ4n) is 1.98. The summed E-state index contributed by atoms with van der Waals surface area (Å²) in [6.45, 7) is 3.83. The van der Waals surface area contributed by atoms with E-state index in [0.717, 1.165) is 11.1 Å². The molecule has 0 fully saturated rings. The molecule has 0 spiro atoms. The number of hydrogen-bond donors (Lipinski definition) is 0. The summed E-state index contributed by atoms with van der Waals surface area (Å²) in [6, 6.07) is 11.8. The van der Waals surface area contributed by atoms with Crippen LogP contribution in [0, 0.1) is 13.8 Å². The topological polar surface area (TPSA) is 52.6 Å². The van der Waals surface area contributed by atoms with Crippen LogP contribution in [0.5, 0.6) is 5.75 Å². The van der Waals surface area contributed by atoms with E-state index in [0.29, 0.717) is 16.9 Å². The Morgan fingerprint density at radius 1 is 0.905 bits per heavy atom. The van der Waals surface area contributed by atoms with Crippen molar-refractivity contribution in [3.8, 4) is 5.75 Å². The van der Waals surface area contributed by atoms with Crippen molar-refractivity contribution < 1.29 is 19.1 Å². The molecule has 0 saturated heterocycles. The van der Waals surface area contributed by atoms with Gasteiger partial charge in [0.15, 0.2) is 0 Å². The van der Waals surface area contributed by atoms with Gasteiger partial charge in [0.25, 0.3) is 0 Å².